The van der Waals surface area contributed by atoms with Crippen molar-refractivity contribution in [2.45, 2.75) is 20.5 Å². The van der Waals surface area contributed by atoms with E-state index in [0.717, 1.165) is 16.9 Å². The van der Waals surface area contributed by atoms with Gasteiger partial charge in [0.15, 0.2) is 0 Å². The number of hydrazine groups is 1. The normalized spacial score (nSPS) is 10.0. The predicted molar refractivity (Wildman–Crippen MR) is 82.0 cm³/mol. The minimum Gasteiger partial charge on any atom is -0.487 e. The summed E-state index contributed by atoms with van der Waals surface area (Å²) in [5.41, 5.74) is 5.47. The molecule has 3 N–H and O–H groups in total. The Morgan fingerprint density at radius 3 is 2.57 bits per heavy atom. The number of nitrogens with zero attached hydrogens (tertiary/aromatic N) is 2. The van der Waals surface area contributed by atoms with Crippen LogP contribution in [0.15, 0.2) is 24.3 Å². The summed E-state index contributed by atoms with van der Waals surface area (Å²) < 4.78 is 5.81. The largest absolute Gasteiger partial charge is 0.487 e. The number of benzene rings is 1. The molecule has 0 aliphatic heterocycles. The SMILES string of the molecule is Cc1cc(C#N)cc(C)c1OCc1nc(NN)ccc1Cl. The van der Waals surface area contributed by atoms with Gasteiger partial charge in [-0.25, -0.2) is 10.8 Å². The van der Waals surface area contributed by atoms with Crippen LogP contribution >= 0.6 is 11.6 Å². The molecule has 108 valence electrons. The van der Waals surface area contributed by atoms with E-state index in [1.54, 1.807) is 24.3 Å². The number of ether oxygens (including phenoxy) is 1. The molecule has 1 aromatic heterocycles. The predicted octanol–water partition coefficient (Wildman–Crippen LogP) is 3.09. The lowest BCUT2D eigenvalue weighted by atomic mass is 10.1. The van der Waals surface area contributed by atoms with Crippen LogP contribution in [0.4, 0.5) is 5.82 Å². The Bertz CT molecular complexity index is 686. The Balaban J connectivity index is 2.23. The fourth-order valence-corrected chi connectivity index (χ4v) is 2.21. The highest BCUT2D eigenvalue weighted by Crippen LogP contribution is 2.26. The Labute approximate surface area is 128 Å². The molecular formula is C15H15ClN4O. The van der Waals surface area contributed by atoms with Gasteiger partial charge < -0.3 is 10.2 Å². The lowest BCUT2D eigenvalue weighted by Gasteiger charge is -2.13. The molecule has 0 radical (unpaired) electrons. The van der Waals surface area contributed by atoms with Gasteiger partial charge in [-0.05, 0) is 49.2 Å². The molecule has 0 aliphatic carbocycles. The molecular weight excluding hydrogens is 288 g/mol. The number of aryl methyl sites for hydroxylation is 2. The molecule has 21 heavy (non-hydrogen) atoms. The lowest BCUT2D eigenvalue weighted by Crippen LogP contribution is -2.10. The standard InChI is InChI=1S/C15H15ClN4O/c1-9-5-11(7-17)6-10(2)15(9)21-8-13-12(16)3-4-14(19-13)20-18/h3-6H,8,18H2,1-2H3,(H,19,20). The summed E-state index contributed by atoms with van der Waals surface area (Å²) in [5, 5.41) is 9.45. The number of rotatable bonds is 4. The second-order valence-electron chi connectivity index (χ2n) is 4.61. The van der Waals surface area contributed by atoms with Crippen LogP contribution in [0.1, 0.15) is 22.4 Å². The van der Waals surface area contributed by atoms with E-state index >= 15 is 0 Å². The first-order valence-corrected chi connectivity index (χ1v) is 6.69. The maximum atomic E-state index is 8.94. The van der Waals surface area contributed by atoms with Gasteiger partial charge in [0.2, 0.25) is 0 Å². The molecule has 5 nitrogen and oxygen atoms in total. The topological polar surface area (TPSA) is 84.0 Å². The van der Waals surface area contributed by atoms with Crippen LogP contribution in [-0.4, -0.2) is 4.98 Å². The van der Waals surface area contributed by atoms with Gasteiger partial charge >= 0.3 is 0 Å². The molecule has 0 unspecified atom stereocenters. The van der Waals surface area contributed by atoms with Crippen molar-refractivity contribution in [3.05, 3.63) is 51.7 Å². The van der Waals surface area contributed by atoms with E-state index in [9.17, 15) is 0 Å². The number of hydrogen-bond acceptors (Lipinski definition) is 5. The molecule has 2 aromatic rings. The van der Waals surface area contributed by atoms with Crippen LogP contribution in [0.25, 0.3) is 0 Å². The molecule has 0 bridgehead atoms. The summed E-state index contributed by atoms with van der Waals surface area (Å²) in [5.74, 6) is 6.58. The highest BCUT2D eigenvalue weighted by molar-refractivity contribution is 6.31. The van der Waals surface area contributed by atoms with Gasteiger partial charge in [-0.2, -0.15) is 5.26 Å². The van der Waals surface area contributed by atoms with Crippen molar-refractivity contribution in [2.75, 3.05) is 5.43 Å². The van der Waals surface area contributed by atoms with Gasteiger partial charge in [0.1, 0.15) is 18.2 Å². The third-order valence-electron chi connectivity index (χ3n) is 3.01. The third-order valence-corrected chi connectivity index (χ3v) is 3.35. The zero-order valence-electron chi connectivity index (χ0n) is 11.8. The highest BCUT2D eigenvalue weighted by atomic mass is 35.5. The number of nitrogens with two attached hydrogens (primary N) is 1. The summed E-state index contributed by atoms with van der Waals surface area (Å²) in [6.45, 7) is 4.02. The summed E-state index contributed by atoms with van der Waals surface area (Å²) >= 11 is 6.09. The van der Waals surface area contributed by atoms with Gasteiger partial charge in [0.25, 0.3) is 0 Å². The van der Waals surface area contributed by atoms with Crippen molar-refractivity contribution in [3.8, 4) is 11.8 Å². The van der Waals surface area contributed by atoms with Gasteiger partial charge in [0.05, 0.1) is 22.3 Å². The minimum absolute atomic E-state index is 0.224. The third kappa shape index (κ3) is 3.43. The fourth-order valence-electron chi connectivity index (χ4n) is 2.05. The van der Waals surface area contributed by atoms with Crippen LogP contribution in [0.5, 0.6) is 5.75 Å². The molecule has 0 atom stereocenters. The number of aromatic nitrogens is 1. The van der Waals surface area contributed by atoms with Crippen LogP contribution < -0.4 is 16.0 Å². The first-order chi connectivity index (χ1) is 10.0. The fraction of sp³-hybridized carbons (Fsp3) is 0.200. The van der Waals surface area contributed by atoms with E-state index in [-0.39, 0.29) is 6.61 Å². The highest BCUT2D eigenvalue weighted by Gasteiger charge is 2.09. The van der Waals surface area contributed by atoms with E-state index < -0.39 is 0 Å². The Kier molecular flexibility index (Phi) is 4.63. The maximum absolute atomic E-state index is 8.94. The number of halogens is 1. The number of anilines is 1. The molecule has 0 amide bonds. The van der Waals surface area contributed by atoms with Crippen molar-refractivity contribution in [3.63, 3.8) is 0 Å². The van der Waals surface area contributed by atoms with E-state index in [0.29, 0.717) is 22.1 Å². The zero-order valence-corrected chi connectivity index (χ0v) is 12.5. The summed E-state index contributed by atoms with van der Waals surface area (Å²) in [6, 6.07) is 9.09. The first kappa shape index (κ1) is 15.1. The van der Waals surface area contributed by atoms with Crippen molar-refractivity contribution in [1.29, 1.82) is 5.26 Å². The van der Waals surface area contributed by atoms with Gasteiger partial charge in [0, 0.05) is 0 Å². The van der Waals surface area contributed by atoms with E-state index in [2.05, 4.69) is 16.5 Å². The van der Waals surface area contributed by atoms with Gasteiger partial charge in [-0.1, -0.05) is 11.6 Å². The molecule has 0 saturated carbocycles. The van der Waals surface area contributed by atoms with Crippen LogP contribution in [0, 0.1) is 25.2 Å². The smallest absolute Gasteiger partial charge is 0.140 e. The second kappa shape index (κ2) is 6.44. The second-order valence-corrected chi connectivity index (χ2v) is 5.02. The Morgan fingerprint density at radius 1 is 1.33 bits per heavy atom. The minimum atomic E-state index is 0.224. The average molecular weight is 303 g/mol. The van der Waals surface area contributed by atoms with Crippen molar-refractivity contribution >= 4 is 17.4 Å². The molecule has 0 aliphatic rings. The maximum Gasteiger partial charge on any atom is 0.140 e. The van der Waals surface area contributed by atoms with E-state index in [1.807, 2.05) is 13.8 Å². The first-order valence-electron chi connectivity index (χ1n) is 6.31. The summed E-state index contributed by atoms with van der Waals surface area (Å²) in [6.07, 6.45) is 0. The number of nitrogens with one attached hydrogen (secondary N) is 1. The molecule has 6 heteroatoms. The molecule has 0 spiro atoms. The number of nitriles is 1. The van der Waals surface area contributed by atoms with Crippen LogP contribution in [-0.2, 0) is 6.61 Å². The van der Waals surface area contributed by atoms with Crippen molar-refractivity contribution in [1.82, 2.24) is 4.98 Å². The number of pyridine rings is 1. The van der Waals surface area contributed by atoms with Crippen LogP contribution in [0.2, 0.25) is 5.02 Å². The van der Waals surface area contributed by atoms with Gasteiger partial charge in [-0.3, -0.25) is 0 Å². The van der Waals surface area contributed by atoms with E-state index in [4.69, 9.17) is 27.4 Å². The Morgan fingerprint density at radius 2 is 2.00 bits per heavy atom. The monoisotopic (exact) mass is 302 g/mol. The molecule has 1 heterocycles. The van der Waals surface area contributed by atoms with Crippen LogP contribution in [0.3, 0.4) is 0 Å². The molecule has 2 rings (SSSR count). The number of nitrogen functional groups attached to an aromatic ring is 1. The average Bonchev–Trinajstić information content (AvgIpc) is 2.47. The Hall–Kier alpha value is -2.29. The van der Waals surface area contributed by atoms with E-state index in [1.165, 1.54) is 0 Å². The van der Waals surface area contributed by atoms with Crippen molar-refractivity contribution < 1.29 is 4.74 Å². The molecule has 0 fully saturated rings. The quantitative estimate of drug-likeness (QED) is 0.670. The molecule has 1 aromatic carbocycles. The lowest BCUT2D eigenvalue weighted by molar-refractivity contribution is 0.297. The summed E-state index contributed by atoms with van der Waals surface area (Å²) in [7, 11) is 0. The summed E-state index contributed by atoms with van der Waals surface area (Å²) in [4.78, 5) is 4.25. The van der Waals surface area contributed by atoms with Gasteiger partial charge in [-0.15, -0.1) is 0 Å². The van der Waals surface area contributed by atoms with Crippen molar-refractivity contribution in [2.24, 2.45) is 5.84 Å². The molecule has 0 saturated heterocycles. The number of hydrogen-bond donors (Lipinski definition) is 2. The zero-order chi connectivity index (χ0) is 15.4.